The van der Waals surface area contributed by atoms with Gasteiger partial charge in [-0.15, -0.1) is 0 Å². The molecule has 1 fully saturated rings. The lowest BCUT2D eigenvalue weighted by Crippen LogP contribution is -2.47. The van der Waals surface area contributed by atoms with Crippen LogP contribution in [0.25, 0.3) is 0 Å². The number of para-hydroxylation sites is 1. The number of urea groups is 1. The quantitative estimate of drug-likeness (QED) is 0.722. The molecule has 1 heterocycles. The maximum Gasteiger partial charge on any atom is 0.406 e. The minimum absolute atomic E-state index is 0.114. The predicted molar refractivity (Wildman–Crippen MR) is 88.4 cm³/mol. The van der Waals surface area contributed by atoms with Crippen molar-refractivity contribution >= 4 is 23.5 Å². The Labute approximate surface area is 149 Å². The van der Waals surface area contributed by atoms with Crippen LogP contribution in [-0.4, -0.2) is 60.0 Å². The molecule has 1 aliphatic heterocycles. The molecule has 6 nitrogen and oxygen atoms in total. The number of rotatable bonds is 6. The van der Waals surface area contributed by atoms with E-state index in [1.807, 2.05) is 0 Å². The highest BCUT2D eigenvalue weighted by atomic mass is 19.4. The van der Waals surface area contributed by atoms with Gasteiger partial charge in [-0.1, -0.05) is 32.0 Å². The van der Waals surface area contributed by atoms with Gasteiger partial charge >= 0.3 is 12.2 Å². The molecular formula is C17H20F3N3O3. The van der Waals surface area contributed by atoms with Gasteiger partial charge in [-0.25, -0.2) is 4.79 Å². The Bertz CT molecular complexity index is 677. The molecule has 0 saturated carbocycles. The Kier molecular flexibility index (Phi) is 5.89. The summed E-state index contributed by atoms with van der Waals surface area (Å²) in [5, 5.41) is 0. The Morgan fingerprint density at radius 2 is 1.81 bits per heavy atom. The van der Waals surface area contributed by atoms with Crippen molar-refractivity contribution in [3.63, 3.8) is 0 Å². The number of halogens is 3. The van der Waals surface area contributed by atoms with E-state index in [9.17, 15) is 27.6 Å². The van der Waals surface area contributed by atoms with Crippen LogP contribution in [0.4, 0.5) is 23.7 Å². The van der Waals surface area contributed by atoms with Crippen molar-refractivity contribution in [2.75, 3.05) is 31.1 Å². The standard InChI is InChI=1S/C17H20F3N3O3/c1-12(2)8-21(11-17(18,19)20)14(24)9-23-15(25)10-22(16(23)26)13-6-4-3-5-7-13/h3-7,12H,8-11H2,1-2H3. The second-order valence-corrected chi connectivity index (χ2v) is 6.47. The monoisotopic (exact) mass is 371 g/mol. The van der Waals surface area contributed by atoms with Gasteiger partial charge in [-0.05, 0) is 18.1 Å². The third kappa shape index (κ3) is 4.96. The van der Waals surface area contributed by atoms with Gasteiger partial charge in [0.1, 0.15) is 19.6 Å². The smallest absolute Gasteiger partial charge is 0.332 e. The molecule has 4 amide bonds. The second kappa shape index (κ2) is 7.76. The van der Waals surface area contributed by atoms with Crippen LogP contribution in [0.1, 0.15) is 13.8 Å². The molecule has 1 aromatic rings. The van der Waals surface area contributed by atoms with Crippen molar-refractivity contribution < 1.29 is 27.6 Å². The molecule has 2 rings (SSSR count). The molecule has 0 unspecified atom stereocenters. The minimum atomic E-state index is -4.56. The first-order valence-corrected chi connectivity index (χ1v) is 8.10. The normalized spacial score (nSPS) is 15.2. The third-order valence-corrected chi connectivity index (χ3v) is 3.73. The number of alkyl halides is 3. The lowest BCUT2D eigenvalue weighted by molar-refractivity contribution is -0.162. The van der Waals surface area contributed by atoms with Crippen LogP contribution in [0.5, 0.6) is 0 Å². The Morgan fingerprint density at radius 1 is 1.19 bits per heavy atom. The topological polar surface area (TPSA) is 60.9 Å². The van der Waals surface area contributed by atoms with Crippen LogP contribution >= 0.6 is 0 Å². The van der Waals surface area contributed by atoms with E-state index >= 15 is 0 Å². The summed E-state index contributed by atoms with van der Waals surface area (Å²) >= 11 is 0. The van der Waals surface area contributed by atoms with E-state index in [2.05, 4.69) is 0 Å². The first kappa shape index (κ1) is 19.7. The zero-order valence-corrected chi connectivity index (χ0v) is 14.5. The highest BCUT2D eigenvalue weighted by Crippen LogP contribution is 2.22. The fraction of sp³-hybridized carbons (Fsp3) is 0.471. The van der Waals surface area contributed by atoms with Crippen molar-refractivity contribution in [3.8, 4) is 0 Å². The van der Waals surface area contributed by atoms with Crippen LogP contribution in [0.2, 0.25) is 0 Å². The highest BCUT2D eigenvalue weighted by molar-refractivity contribution is 6.13. The van der Waals surface area contributed by atoms with Gasteiger partial charge in [0.25, 0.3) is 5.91 Å². The highest BCUT2D eigenvalue weighted by Gasteiger charge is 2.40. The summed E-state index contributed by atoms with van der Waals surface area (Å²) in [7, 11) is 0. The summed E-state index contributed by atoms with van der Waals surface area (Å²) in [4.78, 5) is 39.3. The van der Waals surface area contributed by atoms with Crippen molar-refractivity contribution in [1.29, 1.82) is 0 Å². The molecular weight excluding hydrogens is 351 g/mol. The van der Waals surface area contributed by atoms with E-state index in [0.717, 1.165) is 0 Å². The average molecular weight is 371 g/mol. The third-order valence-electron chi connectivity index (χ3n) is 3.73. The maximum atomic E-state index is 12.7. The van der Waals surface area contributed by atoms with Crippen molar-refractivity contribution in [3.05, 3.63) is 30.3 Å². The van der Waals surface area contributed by atoms with E-state index in [-0.39, 0.29) is 19.0 Å². The van der Waals surface area contributed by atoms with E-state index in [4.69, 9.17) is 0 Å². The number of hydrogen-bond donors (Lipinski definition) is 0. The number of hydrogen-bond acceptors (Lipinski definition) is 3. The van der Waals surface area contributed by atoms with Crippen molar-refractivity contribution in [1.82, 2.24) is 9.80 Å². The number of imide groups is 1. The number of amides is 4. The SMILES string of the molecule is CC(C)CN(CC(F)(F)F)C(=O)CN1C(=O)CN(c2ccccc2)C1=O. The first-order valence-electron chi connectivity index (χ1n) is 8.10. The Morgan fingerprint density at radius 3 is 2.35 bits per heavy atom. The first-order chi connectivity index (χ1) is 12.1. The number of benzene rings is 1. The van der Waals surface area contributed by atoms with Gasteiger partial charge in [0, 0.05) is 12.2 Å². The molecule has 0 atom stereocenters. The maximum absolute atomic E-state index is 12.7. The van der Waals surface area contributed by atoms with Gasteiger partial charge in [0.15, 0.2) is 0 Å². The summed E-state index contributed by atoms with van der Waals surface area (Å²) in [6, 6.07) is 7.67. The van der Waals surface area contributed by atoms with Crippen molar-refractivity contribution in [2.24, 2.45) is 5.92 Å². The molecule has 26 heavy (non-hydrogen) atoms. The number of carbonyl (C=O) groups excluding carboxylic acids is 3. The Balaban J connectivity index is 2.11. The zero-order chi connectivity index (χ0) is 19.5. The largest absolute Gasteiger partial charge is 0.406 e. The molecule has 9 heteroatoms. The van der Waals surface area contributed by atoms with Gasteiger partial charge in [0.05, 0.1) is 0 Å². The number of nitrogens with zero attached hydrogens (tertiary/aromatic N) is 3. The lowest BCUT2D eigenvalue weighted by Gasteiger charge is -2.27. The van der Waals surface area contributed by atoms with Crippen LogP contribution in [0.3, 0.4) is 0 Å². The van der Waals surface area contributed by atoms with Crippen LogP contribution < -0.4 is 4.90 Å². The van der Waals surface area contributed by atoms with Crippen molar-refractivity contribution in [2.45, 2.75) is 20.0 Å². The van der Waals surface area contributed by atoms with E-state index in [1.54, 1.807) is 44.2 Å². The molecule has 142 valence electrons. The summed E-state index contributed by atoms with van der Waals surface area (Å²) in [5.74, 6) is -1.72. The average Bonchev–Trinajstić information content (AvgIpc) is 2.81. The van der Waals surface area contributed by atoms with E-state index < -0.39 is 37.1 Å². The minimum Gasteiger partial charge on any atom is -0.332 e. The number of carbonyl (C=O) groups is 3. The molecule has 0 aliphatic carbocycles. The molecule has 0 aromatic heterocycles. The predicted octanol–water partition coefficient (Wildman–Crippen LogP) is 2.50. The molecule has 0 radical (unpaired) electrons. The zero-order valence-electron chi connectivity index (χ0n) is 14.5. The molecule has 1 saturated heterocycles. The van der Waals surface area contributed by atoms with E-state index in [1.165, 1.54) is 4.90 Å². The fourth-order valence-corrected chi connectivity index (χ4v) is 2.65. The van der Waals surface area contributed by atoms with Crippen LogP contribution in [0, 0.1) is 5.92 Å². The Hall–Kier alpha value is -2.58. The molecule has 0 spiro atoms. The second-order valence-electron chi connectivity index (χ2n) is 6.47. The van der Waals surface area contributed by atoms with Crippen LogP contribution in [-0.2, 0) is 9.59 Å². The molecule has 1 aromatic carbocycles. The van der Waals surface area contributed by atoms with E-state index in [0.29, 0.717) is 15.5 Å². The summed E-state index contributed by atoms with van der Waals surface area (Å²) < 4.78 is 38.2. The molecule has 0 bridgehead atoms. The molecule has 1 aliphatic rings. The van der Waals surface area contributed by atoms with Gasteiger partial charge in [-0.2, -0.15) is 13.2 Å². The fourth-order valence-electron chi connectivity index (χ4n) is 2.65. The lowest BCUT2D eigenvalue weighted by atomic mass is 10.2. The van der Waals surface area contributed by atoms with Gasteiger partial charge in [-0.3, -0.25) is 19.4 Å². The number of anilines is 1. The summed E-state index contributed by atoms with van der Waals surface area (Å²) in [6.45, 7) is 0.878. The van der Waals surface area contributed by atoms with Gasteiger partial charge < -0.3 is 4.90 Å². The summed E-state index contributed by atoms with van der Waals surface area (Å²) in [6.07, 6.45) is -4.56. The van der Waals surface area contributed by atoms with Crippen LogP contribution in [0.15, 0.2) is 30.3 Å². The summed E-state index contributed by atoms with van der Waals surface area (Å²) in [5.41, 5.74) is 0.482. The van der Waals surface area contributed by atoms with Gasteiger partial charge in [0.2, 0.25) is 5.91 Å². The molecule has 0 N–H and O–H groups in total.